The molecule has 2 rings (SSSR count). The first-order valence-electron chi connectivity index (χ1n) is 6.53. The van der Waals surface area contributed by atoms with Crippen molar-refractivity contribution in [1.29, 1.82) is 0 Å². The average Bonchev–Trinajstić information content (AvgIpc) is 2.79. The Morgan fingerprint density at radius 2 is 2.00 bits per heavy atom. The molecule has 0 aliphatic carbocycles. The van der Waals surface area contributed by atoms with Gasteiger partial charge in [-0.15, -0.1) is 0 Å². The van der Waals surface area contributed by atoms with Crippen LogP contribution < -0.4 is 5.73 Å². The fourth-order valence-electron chi connectivity index (χ4n) is 2.18. The van der Waals surface area contributed by atoms with E-state index in [1.807, 2.05) is 11.7 Å². The van der Waals surface area contributed by atoms with Gasteiger partial charge in [0, 0.05) is 7.05 Å². The topological polar surface area (TPSA) is 43.8 Å². The molecule has 0 aliphatic heterocycles. The third kappa shape index (κ3) is 2.46. The summed E-state index contributed by atoms with van der Waals surface area (Å²) in [6.07, 6.45) is 1.97. The normalized spacial score (nSPS) is 12.7. The molecule has 0 saturated heterocycles. The minimum Gasteiger partial charge on any atom is -0.319 e. The van der Waals surface area contributed by atoms with Crippen LogP contribution in [0.15, 0.2) is 30.3 Å². The number of nitrogens with two attached hydrogens (primary N) is 1. The molecule has 3 heteroatoms. The molecule has 18 heavy (non-hydrogen) atoms. The van der Waals surface area contributed by atoms with Crippen LogP contribution in [0.2, 0.25) is 0 Å². The Labute approximate surface area is 109 Å². The van der Waals surface area contributed by atoms with Gasteiger partial charge in [-0.3, -0.25) is 4.68 Å². The largest absolute Gasteiger partial charge is 0.319 e. The number of nitrogens with zero attached hydrogens (tertiary/aromatic N) is 2. The van der Waals surface area contributed by atoms with E-state index in [1.165, 1.54) is 5.56 Å². The third-order valence-corrected chi connectivity index (χ3v) is 3.37. The first kappa shape index (κ1) is 12.8. The molecule has 3 nitrogen and oxygen atoms in total. The highest BCUT2D eigenvalue weighted by molar-refractivity contribution is 5.32. The smallest absolute Gasteiger partial charge is 0.0723 e. The molecule has 0 aliphatic rings. The molecule has 0 spiro atoms. The van der Waals surface area contributed by atoms with E-state index in [2.05, 4.69) is 49.3 Å². The summed E-state index contributed by atoms with van der Waals surface area (Å²) in [5.41, 5.74) is 11.0. The van der Waals surface area contributed by atoms with Crippen molar-refractivity contribution in [2.45, 2.75) is 32.7 Å². The molecule has 0 bridgehead atoms. The lowest BCUT2D eigenvalue weighted by atomic mass is 10.0. The van der Waals surface area contributed by atoms with E-state index in [1.54, 1.807) is 0 Å². The lowest BCUT2D eigenvalue weighted by molar-refractivity contribution is 0.665. The van der Waals surface area contributed by atoms with E-state index < -0.39 is 0 Å². The first-order valence-corrected chi connectivity index (χ1v) is 6.53. The van der Waals surface area contributed by atoms with Gasteiger partial charge in [0.25, 0.3) is 0 Å². The van der Waals surface area contributed by atoms with Gasteiger partial charge in [-0.2, -0.15) is 5.10 Å². The van der Waals surface area contributed by atoms with Gasteiger partial charge in [0.1, 0.15) is 0 Å². The van der Waals surface area contributed by atoms with Crippen LogP contribution in [0.5, 0.6) is 0 Å². The van der Waals surface area contributed by atoms with Crippen molar-refractivity contribution in [3.05, 3.63) is 52.8 Å². The van der Waals surface area contributed by atoms with E-state index >= 15 is 0 Å². The molecular formula is C15H21N3. The summed E-state index contributed by atoms with van der Waals surface area (Å²) < 4.78 is 1.89. The van der Waals surface area contributed by atoms with Crippen LogP contribution >= 0.6 is 0 Å². The van der Waals surface area contributed by atoms with Gasteiger partial charge in [0.05, 0.1) is 17.4 Å². The number of hydrogen-bond acceptors (Lipinski definition) is 2. The SMILES string of the molecule is CCc1cccc(C(N)c2cc(CC)nn2C)c1. The van der Waals surface area contributed by atoms with E-state index in [4.69, 9.17) is 5.73 Å². The minimum absolute atomic E-state index is 0.103. The van der Waals surface area contributed by atoms with E-state index in [-0.39, 0.29) is 6.04 Å². The van der Waals surface area contributed by atoms with Crippen molar-refractivity contribution in [3.63, 3.8) is 0 Å². The van der Waals surface area contributed by atoms with Crippen molar-refractivity contribution in [3.8, 4) is 0 Å². The Hall–Kier alpha value is -1.61. The van der Waals surface area contributed by atoms with Crippen molar-refractivity contribution in [2.75, 3.05) is 0 Å². The first-order chi connectivity index (χ1) is 8.65. The predicted octanol–water partition coefficient (Wildman–Crippen LogP) is 2.59. The Morgan fingerprint density at radius 3 is 2.61 bits per heavy atom. The molecule has 1 unspecified atom stereocenters. The van der Waals surface area contributed by atoms with Crippen LogP contribution in [0.25, 0.3) is 0 Å². The minimum atomic E-state index is -0.103. The molecule has 2 aromatic rings. The molecule has 0 radical (unpaired) electrons. The summed E-state index contributed by atoms with van der Waals surface area (Å²) >= 11 is 0. The number of aryl methyl sites for hydroxylation is 3. The van der Waals surface area contributed by atoms with Crippen LogP contribution in [0, 0.1) is 0 Å². The van der Waals surface area contributed by atoms with Gasteiger partial charge in [0.2, 0.25) is 0 Å². The van der Waals surface area contributed by atoms with Gasteiger partial charge >= 0.3 is 0 Å². The van der Waals surface area contributed by atoms with E-state index in [0.29, 0.717) is 0 Å². The van der Waals surface area contributed by atoms with Crippen molar-refractivity contribution in [1.82, 2.24) is 9.78 Å². The highest BCUT2D eigenvalue weighted by atomic mass is 15.3. The van der Waals surface area contributed by atoms with Crippen LogP contribution in [-0.4, -0.2) is 9.78 Å². The van der Waals surface area contributed by atoms with Gasteiger partial charge in [0.15, 0.2) is 0 Å². The van der Waals surface area contributed by atoms with Crippen LogP contribution in [-0.2, 0) is 19.9 Å². The summed E-state index contributed by atoms with van der Waals surface area (Å²) in [4.78, 5) is 0. The van der Waals surface area contributed by atoms with E-state index in [9.17, 15) is 0 Å². The Kier molecular flexibility index (Phi) is 3.82. The fourth-order valence-corrected chi connectivity index (χ4v) is 2.18. The summed E-state index contributed by atoms with van der Waals surface area (Å²) in [7, 11) is 1.96. The molecule has 0 saturated carbocycles. The maximum absolute atomic E-state index is 6.35. The summed E-state index contributed by atoms with van der Waals surface area (Å²) in [6, 6.07) is 10.5. The monoisotopic (exact) mass is 243 g/mol. The molecule has 96 valence electrons. The van der Waals surface area contributed by atoms with Gasteiger partial charge in [-0.25, -0.2) is 0 Å². The zero-order valence-electron chi connectivity index (χ0n) is 11.4. The molecule has 0 amide bonds. The third-order valence-electron chi connectivity index (χ3n) is 3.37. The molecule has 2 N–H and O–H groups in total. The van der Waals surface area contributed by atoms with Gasteiger partial charge in [-0.1, -0.05) is 38.1 Å². The second-order valence-electron chi connectivity index (χ2n) is 4.61. The quantitative estimate of drug-likeness (QED) is 0.897. The molecule has 1 aromatic heterocycles. The average molecular weight is 243 g/mol. The van der Waals surface area contributed by atoms with E-state index in [0.717, 1.165) is 29.8 Å². The van der Waals surface area contributed by atoms with Crippen molar-refractivity contribution in [2.24, 2.45) is 12.8 Å². The highest BCUT2D eigenvalue weighted by Crippen LogP contribution is 2.21. The molecule has 1 heterocycles. The number of rotatable bonds is 4. The number of benzene rings is 1. The van der Waals surface area contributed by atoms with Crippen molar-refractivity contribution < 1.29 is 0 Å². The van der Waals surface area contributed by atoms with Gasteiger partial charge in [-0.05, 0) is 30.0 Å². The number of hydrogen-bond donors (Lipinski definition) is 1. The van der Waals surface area contributed by atoms with Crippen LogP contribution in [0.3, 0.4) is 0 Å². The highest BCUT2D eigenvalue weighted by Gasteiger charge is 2.14. The van der Waals surface area contributed by atoms with Crippen molar-refractivity contribution >= 4 is 0 Å². The molecular weight excluding hydrogens is 222 g/mol. The lowest BCUT2D eigenvalue weighted by Gasteiger charge is -2.13. The Morgan fingerprint density at radius 1 is 1.22 bits per heavy atom. The predicted molar refractivity (Wildman–Crippen MR) is 74.4 cm³/mol. The maximum atomic E-state index is 6.35. The Bertz CT molecular complexity index is 528. The zero-order valence-corrected chi connectivity index (χ0v) is 11.4. The van der Waals surface area contributed by atoms with Crippen LogP contribution in [0.4, 0.5) is 0 Å². The second kappa shape index (κ2) is 5.36. The second-order valence-corrected chi connectivity index (χ2v) is 4.61. The number of aromatic nitrogens is 2. The Balaban J connectivity index is 2.34. The molecule has 1 aromatic carbocycles. The summed E-state index contributed by atoms with van der Waals surface area (Å²) in [5, 5.41) is 4.45. The standard InChI is InChI=1S/C15H21N3/c1-4-11-7-6-8-12(9-11)15(16)14-10-13(5-2)17-18(14)3/h6-10,15H,4-5,16H2,1-3H3. The fraction of sp³-hybridized carbons (Fsp3) is 0.400. The van der Waals surface area contributed by atoms with Gasteiger partial charge < -0.3 is 5.73 Å². The summed E-state index contributed by atoms with van der Waals surface area (Å²) in [5.74, 6) is 0. The molecule has 0 fully saturated rings. The molecule has 1 atom stereocenters. The maximum Gasteiger partial charge on any atom is 0.0723 e. The lowest BCUT2D eigenvalue weighted by Crippen LogP contribution is -2.16. The van der Waals surface area contributed by atoms with Crippen LogP contribution in [0.1, 0.15) is 42.4 Å². The zero-order chi connectivity index (χ0) is 13.1. The summed E-state index contributed by atoms with van der Waals surface area (Å²) in [6.45, 7) is 4.26.